The molecule has 1 heterocycles. The van der Waals surface area contributed by atoms with Crippen molar-refractivity contribution in [1.82, 2.24) is 10.6 Å². The summed E-state index contributed by atoms with van der Waals surface area (Å²) >= 11 is 11.0. The van der Waals surface area contributed by atoms with Crippen LogP contribution in [-0.4, -0.2) is 36.2 Å². The molecule has 8 heteroatoms. The number of anilines is 1. The number of benzene rings is 2. The van der Waals surface area contributed by atoms with Crippen molar-refractivity contribution in [1.29, 1.82) is 0 Å². The first-order valence-electron chi connectivity index (χ1n) is 8.89. The van der Waals surface area contributed by atoms with Gasteiger partial charge in [-0.1, -0.05) is 23.7 Å². The quantitative estimate of drug-likeness (QED) is 0.650. The molecule has 2 aromatic carbocycles. The predicted molar refractivity (Wildman–Crippen MR) is 113 cm³/mol. The van der Waals surface area contributed by atoms with Crippen molar-refractivity contribution in [2.45, 2.75) is 18.9 Å². The predicted octanol–water partition coefficient (Wildman–Crippen LogP) is 3.38. The zero-order chi connectivity index (χ0) is 19.9. The van der Waals surface area contributed by atoms with E-state index < -0.39 is 0 Å². The maximum absolute atomic E-state index is 12.5. The fourth-order valence-corrected chi connectivity index (χ4v) is 3.16. The average Bonchev–Trinajstić information content (AvgIpc) is 3.20. The molecule has 0 saturated carbocycles. The van der Waals surface area contributed by atoms with Gasteiger partial charge in [0.05, 0.1) is 17.4 Å². The van der Waals surface area contributed by atoms with Crippen molar-refractivity contribution in [3.63, 3.8) is 0 Å². The fourth-order valence-electron chi connectivity index (χ4n) is 2.83. The van der Waals surface area contributed by atoms with E-state index in [9.17, 15) is 9.59 Å². The number of ether oxygens (including phenoxy) is 1. The summed E-state index contributed by atoms with van der Waals surface area (Å²) in [6.07, 6.45) is 2.02. The Kier molecular flexibility index (Phi) is 6.97. The van der Waals surface area contributed by atoms with Crippen LogP contribution in [0, 0.1) is 0 Å². The molecule has 0 spiro atoms. The number of hydrogen-bond donors (Lipinski definition) is 3. The maximum atomic E-state index is 12.5. The van der Waals surface area contributed by atoms with Crippen LogP contribution in [0.25, 0.3) is 0 Å². The molecule has 1 fully saturated rings. The molecule has 1 aliphatic heterocycles. The third-order valence-corrected chi connectivity index (χ3v) is 4.72. The topological polar surface area (TPSA) is 79.5 Å². The maximum Gasteiger partial charge on any atom is 0.257 e. The van der Waals surface area contributed by atoms with Gasteiger partial charge in [-0.2, -0.15) is 0 Å². The standard InChI is InChI=1S/C20H20ClN3O3S/c21-14-9-7-13(8-10-14)18(25)24-20(28)23-17-6-2-1-5-16(17)19(26)22-12-15-4-3-11-27-15/h1-2,5-10,15H,3-4,11-12H2,(H,22,26)(H2,23,24,25,28). The molecule has 1 saturated heterocycles. The summed E-state index contributed by atoms with van der Waals surface area (Å²) < 4.78 is 5.52. The average molecular weight is 418 g/mol. The molecule has 2 amide bonds. The minimum atomic E-state index is -0.366. The van der Waals surface area contributed by atoms with Crippen LogP contribution in [0.15, 0.2) is 48.5 Å². The molecule has 3 N–H and O–H groups in total. The molecule has 2 aromatic rings. The molecule has 0 radical (unpaired) electrons. The Balaban J connectivity index is 1.60. The first kappa shape index (κ1) is 20.3. The van der Waals surface area contributed by atoms with E-state index in [1.165, 1.54) is 0 Å². The summed E-state index contributed by atoms with van der Waals surface area (Å²) in [4.78, 5) is 24.8. The van der Waals surface area contributed by atoms with Gasteiger partial charge in [-0.25, -0.2) is 0 Å². The first-order chi connectivity index (χ1) is 13.5. The SMILES string of the molecule is O=C(NC(=S)Nc1ccccc1C(=O)NCC1CCCO1)c1ccc(Cl)cc1. The Bertz CT molecular complexity index is 867. The highest BCUT2D eigenvalue weighted by atomic mass is 35.5. The van der Waals surface area contributed by atoms with Crippen LogP contribution in [0.5, 0.6) is 0 Å². The molecule has 1 unspecified atom stereocenters. The number of thiocarbonyl (C=S) groups is 1. The summed E-state index contributed by atoms with van der Waals surface area (Å²) in [7, 11) is 0. The summed E-state index contributed by atoms with van der Waals surface area (Å²) in [5.41, 5.74) is 1.37. The molecular weight excluding hydrogens is 398 g/mol. The smallest absolute Gasteiger partial charge is 0.257 e. The number of amides is 2. The second-order valence-electron chi connectivity index (χ2n) is 6.31. The molecule has 6 nitrogen and oxygen atoms in total. The first-order valence-corrected chi connectivity index (χ1v) is 9.68. The van der Waals surface area contributed by atoms with E-state index in [-0.39, 0.29) is 23.0 Å². The van der Waals surface area contributed by atoms with E-state index in [1.54, 1.807) is 48.5 Å². The molecule has 0 aliphatic carbocycles. The van der Waals surface area contributed by atoms with Gasteiger partial charge in [-0.15, -0.1) is 0 Å². The molecule has 146 valence electrons. The van der Waals surface area contributed by atoms with Crippen molar-refractivity contribution in [3.8, 4) is 0 Å². The Morgan fingerprint density at radius 1 is 1.11 bits per heavy atom. The third-order valence-electron chi connectivity index (χ3n) is 4.27. The summed E-state index contributed by atoms with van der Waals surface area (Å²) in [5.74, 6) is -0.597. The second kappa shape index (κ2) is 9.64. The zero-order valence-corrected chi connectivity index (χ0v) is 16.6. The van der Waals surface area contributed by atoms with E-state index in [2.05, 4.69) is 16.0 Å². The zero-order valence-electron chi connectivity index (χ0n) is 15.0. The Hall–Kier alpha value is -2.48. The van der Waals surface area contributed by atoms with E-state index in [0.717, 1.165) is 19.4 Å². The third kappa shape index (κ3) is 5.51. The Morgan fingerprint density at radius 3 is 2.57 bits per heavy atom. The van der Waals surface area contributed by atoms with Gasteiger partial charge >= 0.3 is 0 Å². The number of nitrogens with one attached hydrogen (secondary N) is 3. The number of para-hydroxylation sites is 1. The number of carbonyl (C=O) groups is 2. The highest BCUT2D eigenvalue weighted by Gasteiger charge is 2.18. The van der Waals surface area contributed by atoms with Crippen molar-refractivity contribution < 1.29 is 14.3 Å². The van der Waals surface area contributed by atoms with Gasteiger partial charge in [-0.05, 0) is 61.5 Å². The highest BCUT2D eigenvalue weighted by molar-refractivity contribution is 7.80. The van der Waals surface area contributed by atoms with Crippen LogP contribution in [0.2, 0.25) is 5.02 Å². The number of carbonyl (C=O) groups excluding carboxylic acids is 2. The monoisotopic (exact) mass is 417 g/mol. The van der Waals surface area contributed by atoms with E-state index in [0.29, 0.717) is 28.4 Å². The van der Waals surface area contributed by atoms with Gasteiger partial charge < -0.3 is 15.4 Å². The van der Waals surface area contributed by atoms with Crippen LogP contribution >= 0.6 is 23.8 Å². The number of rotatable bonds is 5. The van der Waals surface area contributed by atoms with Crippen molar-refractivity contribution in [2.75, 3.05) is 18.5 Å². The lowest BCUT2D eigenvalue weighted by molar-refractivity contribution is 0.0858. The second-order valence-corrected chi connectivity index (χ2v) is 7.15. The molecule has 1 aliphatic rings. The van der Waals surface area contributed by atoms with Gasteiger partial charge in [-0.3, -0.25) is 14.9 Å². The van der Waals surface area contributed by atoms with Gasteiger partial charge in [0.15, 0.2) is 5.11 Å². The lowest BCUT2D eigenvalue weighted by Gasteiger charge is -2.15. The molecule has 1 atom stereocenters. The van der Waals surface area contributed by atoms with Crippen LogP contribution in [0.3, 0.4) is 0 Å². The molecule has 3 rings (SSSR count). The van der Waals surface area contributed by atoms with E-state index in [1.807, 2.05) is 0 Å². The molecular formula is C20H20ClN3O3S. The van der Waals surface area contributed by atoms with Gasteiger partial charge in [0, 0.05) is 23.7 Å². The van der Waals surface area contributed by atoms with Crippen LogP contribution in [0.4, 0.5) is 5.69 Å². The van der Waals surface area contributed by atoms with Crippen molar-refractivity contribution in [3.05, 3.63) is 64.7 Å². The Morgan fingerprint density at radius 2 is 1.86 bits per heavy atom. The number of hydrogen-bond acceptors (Lipinski definition) is 4. The lowest BCUT2D eigenvalue weighted by atomic mass is 10.1. The minimum absolute atomic E-state index is 0.0591. The molecule has 0 bridgehead atoms. The lowest BCUT2D eigenvalue weighted by Crippen LogP contribution is -2.35. The highest BCUT2D eigenvalue weighted by Crippen LogP contribution is 2.16. The van der Waals surface area contributed by atoms with E-state index in [4.69, 9.17) is 28.6 Å². The summed E-state index contributed by atoms with van der Waals surface area (Å²) in [6, 6.07) is 13.4. The van der Waals surface area contributed by atoms with Crippen LogP contribution in [0.1, 0.15) is 33.6 Å². The minimum Gasteiger partial charge on any atom is -0.376 e. The summed E-state index contributed by atoms with van der Waals surface area (Å²) in [6.45, 7) is 1.20. The fraction of sp³-hybridized carbons (Fsp3) is 0.250. The molecule has 0 aromatic heterocycles. The number of halogens is 1. The van der Waals surface area contributed by atoms with Gasteiger partial charge in [0.2, 0.25) is 0 Å². The van der Waals surface area contributed by atoms with Crippen molar-refractivity contribution in [2.24, 2.45) is 0 Å². The van der Waals surface area contributed by atoms with Crippen molar-refractivity contribution >= 4 is 46.4 Å². The van der Waals surface area contributed by atoms with Crippen LogP contribution in [-0.2, 0) is 4.74 Å². The Labute approximate surface area is 173 Å². The summed E-state index contributed by atoms with van der Waals surface area (Å²) in [5, 5.41) is 9.02. The van der Waals surface area contributed by atoms with Crippen LogP contribution < -0.4 is 16.0 Å². The normalized spacial score (nSPS) is 15.7. The molecule has 28 heavy (non-hydrogen) atoms. The van der Waals surface area contributed by atoms with Gasteiger partial charge in [0.1, 0.15) is 0 Å². The van der Waals surface area contributed by atoms with Gasteiger partial charge in [0.25, 0.3) is 11.8 Å². The largest absolute Gasteiger partial charge is 0.376 e. The van der Waals surface area contributed by atoms with E-state index >= 15 is 0 Å².